The van der Waals surface area contributed by atoms with E-state index < -0.39 is 0 Å². The number of carbonyl (C=O) groups excluding carboxylic acids is 2. The van der Waals surface area contributed by atoms with Gasteiger partial charge in [0.15, 0.2) is 5.78 Å². The third-order valence-electron chi connectivity index (χ3n) is 7.76. The van der Waals surface area contributed by atoms with E-state index in [9.17, 15) is 9.59 Å². The molecule has 206 valence electrons. The van der Waals surface area contributed by atoms with Crippen molar-refractivity contribution in [3.63, 3.8) is 0 Å². The van der Waals surface area contributed by atoms with Crippen molar-refractivity contribution in [1.29, 1.82) is 0 Å². The highest BCUT2D eigenvalue weighted by molar-refractivity contribution is 6.11. The lowest BCUT2D eigenvalue weighted by atomic mass is 9.84. The van der Waals surface area contributed by atoms with E-state index in [2.05, 4.69) is 45.6 Å². The van der Waals surface area contributed by atoms with Gasteiger partial charge in [0.1, 0.15) is 0 Å². The van der Waals surface area contributed by atoms with Crippen LogP contribution in [0.4, 0.5) is 0 Å². The van der Waals surface area contributed by atoms with Crippen LogP contribution < -0.4 is 0 Å². The van der Waals surface area contributed by atoms with E-state index in [0.717, 1.165) is 82.3 Å². The first-order valence-electron chi connectivity index (χ1n) is 14.9. The predicted octanol–water partition coefficient (Wildman–Crippen LogP) is 5.95. The molecule has 1 aromatic heterocycles. The van der Waals surface area contributed by atoms with Crippen LogP contribution in [0.1, 0.15) is 88.7 Å². The third-order valence-corrected chi connectivity index (χ3v) is 7.76. The van der Waals surface area contributed by atoms with Gasteiger partial charge in [-0.15, -0.1) is 0 Å². The van der Waals surface area contributed by atoms with Gasteiger partial charge in [0, 0.05) is 73.8 Å². The van der Waals surface area contributed by atoms with Gasteiger partial charge < -0.3 is 19.1 Å². The summed E-state index contributed by atoms with van der Waals surface area (Å²) in [5, 5.41) is 1.12. The van der Waals surface area contributed by atoms with Crippen LogP contribution in [0.3, 0.4) is 0 Å². The van der Waals surface area contributed by atoms with Gasteiger partial charge in [-0.1, -0.05) is 51.8 Å². The highest BCUT2D eigenvalue weighted by Gasteiger charge is 2.34. The van der Waals surface area contributed by atoms with Crippen molar-refractivity contribution in [2.75, 3.05) is 45.9 Å². The summed E-state index contributed by atoms with van der Waals surface area (Å²) < 4.78 is 7.42. The molecule has 6 nitrogen and oxygen atoms in total. The lowest BCUT2D eigenvalue weighted by Gasteiger charge is -2.37. The quantitative estimate of drug-likeness (QED) is 0.260. The Kier molecular flexibility index (Phi) is 12.1. The van der Waals surface area contributed by atoms with Gasteiger partial charge >= 0.3 is 5.97 Å². The molecule has 6 heteroatoms. The maximum Gasteiger partial charge on any atom is 0.305 e. The van der Waals surface area contributed by atoms with Crippen molar-refractivity contribution in [1.82, 2.24) is 14.4 Å². The number of aromatic nitrogens is 1. The molecule has 1 atom stereocenters. The van der Waals surface area contributed by atoms with Crippen molar-refractivity contribution in [3.8, 4) is 0 Å². The molecule has 2 aliphatic rings. The molecule has 1 fully saturated rings. The van der Waals surface area contributed by atoms with Crippen molar-refractivity contribution in [2.45, 2.75) is 85.6 Å². The summed E-state index contributed by atoms with van der Waals surface area (Å²) in [6.45, 7) is 16.0. The molecule has 2 heterocycles. The molecule has 1 aliphatic carbocycles. The molecule has 1 unspecified atom stereocenters. The summed E-state index contributed by atoms with van der Waals surface area (Å²) >= 11 is 0. The zero-order valence-corrected chi connectivity index (χ0v) is 23.8. The second-order valence-electron chi connectivity index (χ2n) is 10.2. The smallest absolute Gasteiger partial charge is 0.305 e. The second-order valence-corrected chi connectivity index (χ2v) is 10.2. The van der Waals surface area contributed by atoms with Gasteiger partial charge in [0.05, 0.1) is 6.61 Å². The minimum Gasteiger partial charge on any atom is -0.466 e. The summed E-state index contributed by atoms with van der Waals surface area (Å²) in [6, 6.07) is 8.41. The largest absolute Gasteiger partial charge is 0.466 e. The summed E-state index contributed by atoms with van der Waals surface area (Å²) in [5.41, 5.74) is 3.38. The zero-order chi connectivity index (χ0) is 26.6. The molecule has 0 radical (unpaired) electrons. The number of rotatable bonds is 12. The Morgan fingerprint density at radius 1 is 0.946 bits per heavy atom. The molecule has 1 aliphatic heterocycles. The number of aryl methyl sites for hydroxylation is 1. The molecular formula is C31H49N3O3. The zero-order valence-electron chi connectivity index (χ0n) is 23.8. The van der Waals surface area contributed by atoms with Crippen LogP contribution in [0.15, 0.2) is 24.3 Å². The van der Waals surface area contributed by atoms with Crippen molar-refractivity contribution in [2.24, 2.45) is 5.92 Å². The van der Waals surface area contributed by atoms with Crippen molar-refractivity contribution < 1.29 is 14.3 Å². The summed E-state index contributed by atoms with van der Waals surface area (Å²) in [7, 11) is 0. The number of fused-ring (bicyclic) bond motifs is 3. The average Bonchev–Trinajstić information content (AvgIpc) is 3.25. The maximum atomic E-state index is 13.7. The van der Waals surface area contributed by atoms with E-state index in [4.69, 9.17) is 4.74 Å². The normalized spacial score (nSPS) is 18.4. The van der Waals surface area contributed by atoms with Crippen LogP contribution in [-0.2, 0) is 22.5 Å². The van der Waals surface area contributed by atoms with Crippen LogP contribution in [0.2, 0.25) is 0 Å². The third kappa shape index (κ3) is 7.67. The van der Waals surface area contributed by atoms with Gasteiger partial charge in [0.25, 0.3) is 0 Å². The molecule has 1 saturated heterocycles. The molecule has 0 saturated carbocycles. The van der Waals surface area contributed by atoms with E-state index in [1.54, 1.807) is 0 Å². The summed E-state index contributed by atoms with van der Waals surface area (Å²) in [5.74, 6) is 0.348. The van der Waals surface area contributed by atoms with E-state index in [0.29, 0.717) is 18.8 Å². The number of hydrogen-bond acceptors (Lipinski definition) is 5. The topological polar surface area (TPSA) is 54.8 Å². The number of Topliss-reactive ketones (excluding diaryl/α,β-unsaturated/α-hetero) is 1. The van der Waals surface area contributed by atoms with Crippen LogP contribution >= 0.6 is 0 Å². The number of ketones is 1. The maximum absolute atomic E-state index is 13.7. The molecule has 0 amide bonds. The Bertz CT molecular complexity index is 991. The lowest BCUT2D eigenvalue weighted by Crippen LogP contribution is -2.49. The van der Waals surface area contributed by atoms with Crippen molar-refractivity contribution in [3.05, 3.63) is 35.5 Å². The minimum absolute atomic E-state index is 0.102. The number of carbonyl (C=O) groups is 2. The number of para-hydroxylation sites is 1. The fraction of sp³-hybridized carbons (Fsp3) is 0.677. The number of unbranched alkanes of at least 4 members (excludes halogenated alkanes) is 3. The second kappa shape index (κ2) is 15.3. The average molecular weight is 512 g/mol. The molecule has 0 bridgehead atoms. The van der Waals surface area contributed by atoms with Gasteiger partial charge in [-0.2, -0.15) is 0 Å². The van der Waals surface area contributed by atoms with Crippen LogP contribution in [0, 0.1) is 5.92 Å². The highest BCUT2D eigenvalue weighted by Crippen LogP contribution is 2.35. The SMILES string of the molecule is CC.CCCCN1CCN(CC2CCc3c(c4ccccc4n3CCCCCC(=O)OCC)C2=O)CC1. The van der Waals surface area contributed by atoms with Crippen LogP contribution in [0.5, 0.6) is 0 Å². The number of ether oxygens (including phenoxy) is 1. The van der Waals surface area contributed by atoms with Gasteiger partial charge in [-0.05, 0) is 51.6 Å². The first kappa shape index (κ1) is 29.4. The Hall–Kier alpha value is -2.18. The highest BCUT2D eigenvalue weighted by atomic mass is 16.5. The van der Waals surface area contributed by atoms with Gasteiger partial charge in [-0.25, -0.2) is 0 Å². The Labute approximate surface area is 224 Å². The van der Waals surface area contributed by atoms with Gasteiger partial charge in [0.2, 0.25) is 0 Å². The number of benzene rings is 1. The van der Waals surface area contributed by atoms with Crippen molar-refractivity contribution >= 4 is 22.7 Å². The van der Waals surface area contributed by atoms with E-state index in [1.807, 2.05) is 20.8 Å². The predicted molar refractivity (Wildman–Crippen MR) is 152 cm³/mol. The monoisotopic (exact) mass is 511 g/mol. The molecule has 4 rings (SSSR count). The molecule has 1 aromatic carbocycles. The number of piperazine rings is 1. The van der Waals surface area contributed by atoms with Crippen LogP contribution in [0.25, 0.3) is 10.9 Å². The lowest BCUT2D eigenvalue weighted by molar-refractivity contribution is -0.143. The Balaban J connectivity index is 0.00000186. The Morgan fingerprint density at radius 3 is 2.41 bits per heavy atom. The number of hydrogen-bond donors (Lipinski definition) is 0. The first-order valence-corrected chi connectivity index (χ1v) is 14.9. The van der Waals surface area contributed by atoms with E-state index in [-0.39, 0.29) is 11.9 Å². The standard InChI is InChI=1S/C29H43N3O3.C2H6/c1-3-5-16-30-18-20-31(21-19-30)22-23-14-15-26-28(29(23)34)24-11-8-9-12-25(24)32(26)17-10-6-7-13-27(33)35-4-2;1-2/h8-9,11-12,23H,3-7,10,13-22H2,1-2H3;1-2H3. The first-order chi connectivity index (χ1) is 18.1. The minimum atomic E-state index is -0.102. The summed E-state index contributed by atoms with van der Waals surface area (Å²) in [4.78, 5) is 30.4. The summed E-state index contributed by atoms with van der Waals surface area (Å²) in [6.07, 6.45) is 7.78. The van der Waals surface area contributed by atoms with E-state index >= 15 is 0 Å². The fourth-order valence-corrected chi connectivity index (χ4v) is 5.80. The number of esters is 1. The molecule has 0 spiro atoms. The number of nitrogens with zero attached hydrogens (tertiary/aromatic N) is 3. The molecule has 37 heavy (non-hydrogen) atoms. The molecule has 0 N–H and O–H groups in total. The fourth-order valence-electron chi connectivity index (χ4n) is 5.80. The molecular weight excluding hydrogens is 462 g/mol. The van der Waals surface area contributed by atoms with Gasteiger partial charge in [-0.3, -0.25) is 9.59 Å². The van der Waals surface area contributed by atoms with E-state index in [1.165, 1.54) is 30.6 Å². The Morgan fingerprint density at radius 2 is 1.68 bits per heavy atom. The molecule has 2 aromatic rings. The van der Waals surface area contributed by atoms with Crippen LogP contribution in [-0.4, -0.2) is 72.0 Å².